The molecule has 0 saturated carbocycles. The highest BCUT2D eigenvalue weighted by Gasteiger charge is 2.16. The van der Waals surface area contributed by atoms with Crippen LogP contribution in [0.15, 0.2) is 117 Å². The van der Waals surface area contributed by atoms with Crippen molar-refractivity contribution >= 4 is 48.9 Å². The van der Waals surface area contributed by atoms with E-state index in [1.54, 1.807) is 0 Å². The Morgan fingerprint density at radius 2 is 1.41 bits per heavy atom. The molecular formula is C29H26Br2NO2+. The Morgan fingerprint density at radius 3 is 2.00 bits per heavy atom. The highest BCUT2D eigenvalue weighted by atomic mass is 79.9. The highest BCUT2D eigenvalue weighted by Crippen LogP contribution is 2.33. The predicted octanol–water partition coefficient (Wildman–Crippen LogP) is 7.98. The van der Waals surface area contributed by atoms with Crippen LogP contribution in [0.3, 0.4) is 0 Å². The molecule has 0 fully saturated rings. The lowest BCUT2D eigenvalue weighted by molar-refractivity contribution is -0.519. The number of aliphatic hydroxyl groups is 1. The van der Waals surface area contributed by atoms with Crippen molar-refractivity contribution in [2.24, 2.45) is 0 Å². The van der Waals surface area contributed by atoms with Crippen LogP contribution >= 0.6 is 31.9 Å². The topological polar surface area (TPSA) is 32.5 Å². The van der Waals surface area contributed by atoms with Crippen molar-refractivity contribution < 1.29 is 14.4 Å². The summed E-state index contributed by atoms with van der Waals surface area (Å²) >= 11 is 7.01. The maximum absolute atomic E-state index is 10.6. The van der Waals surface area contributed by atoms with Gasteiger partial charge in [0.25, 0.3) is 0 Å². The summed E-state index contributed by atoms with van der Waals surface area (Å²) in [5.74, 6) is 1.72. The molecule has 2 aromatic carbocycles. The molecule has 1 N–H and O–H groups in total. The molecule has 5 heteroatoms. The van der Waals surface area contributed by atoms with Gasteiger partial charge in [-0.15, -0.1) is 0 Å². The summed E-state index contributed by atoms with van der Waals surface area (Å²) in [5, 5.41) is 10.6. The number of aliphatic hydroxyl groups excluding tert-OH is 1. The van der Waals surface area contributed by atoms with E-state index in [1.807, 2.05) is 72.9 Å². The molecule has 0 radical (unpaired) electrons. The first kappa shape index (κ1) is 24.2. The van der Waals surface area contributed by atoms with Crippen LogP contribution in [0.4, 0.5) is 0 Å². The molecule has 2 aromatic rings. The number of nitrogens with zero attached hydrogens (tertiary/aromatic N) is 1. The molecule has 0 spiro atoms. The number of hydrogen-bond donors (Lipinski definition) is 1. The van der Waals surface area contributed by atoms with Gasteiger partial charge < -0.3 is 9.84 Å². The molecule has 0 unspecified atom stereocenters. The van der Waals surface area contributed by atoms with Crippen LogP contribution in [0.2, 0.25) is 0 Å². The number of allylic oxidation sites excluding steroid dienone is 8. The van der Waals surface area contributed by atoms with Gasteiger partial charge in [0, 0.05) is 26.2 Å². The SMILES string of the molecule is CC[N+](CC)=C1C=C/C(=C\C=C2/C=C(c3ccc(Br)cc3)C=C(c3ccc(Br)cc3)O2)C(O)=C1. The van der Waals surface area contributed by atoms with Crippen LogP contribution < -0.4 is 0 Å². The Hall–Kier alpha value is -2.89. The van der Waals surface area contributed by atoms with Crippen molar-refractivity contribution in [2.45, 2.75) is 13.8 Å². The predicted molar refractivity (Wildman–Crippen MR) is 148 cm³/mol. The number of hydrogen-bond acceptors (Lipinski definition) is 2. The van der Waals surface area contributed by atoms with Crippen LogP contribution in [-0.4, -0.2) is 28.5 Å². The zero-order chi connectivity index (χ0) is 24.1. The molecule has 1 aliphatic heterocycles. The summed E-state index contributed by atoms with van der Waals surface area (Å²) in [6.07, 6.45) is 13.6. The van der Waals surface area contributed by atoms with E-state index in [4.69, 9.17) is 4.74 Å². The second-order valence-corrected chi connectivity index (χ2v) is 9.71. The third-order valence-electron chi connectivity index (χ3n) is 5.69. The fraction of sp³-hybridized carbons (Fsp3) is 0.138. The highest BCUT2D eigenvalue weighted by molar-refractivity contribution is 9.10. The quantitative estimate of drug-likeness (QED) is 0.364. The van der Waals surface area contributed by atoms with Crippen LogP contribution in [0.25, 0.3) is 11.3 Å². The molecule has 34 heavy (non-hydrogen) atoms. The van der Waals surface area contributed by atoms with Crippen molar-refractivity contribution in [3.05, 3.63) is 128 Å². The van der Waals surface area contributed by atoms with Crippen LogP contribution in [-0.2, 0) is 4.74 Å². The Bertz CT molecular complexity index is 1280. The van der Waals surface area contributed by atoms with E-state index >= 15 is 0 Å². The maximum atomic E-state index is 10.6. The molecule has 1 heterocycles. The summed E-state index contributed by atoms with van der Waals surface area (Å²) in [7, 11) is 0. The van der Waals surface area contributed by atoms with E-state index in [-0.39, 0.29) is 5.76 Å². The Balaban J connectivity index is 1.69. The normalized spacial score (nSPS) is 17.9. The summed E-state index contributed by atoms with van der Waals surface area (Å²) in [4.78, 5) is 0. The Kier molecular flexibility index (Phi) is 7.86. The lowest BCUT2D eigenvalue weighted by atomic mass is 10.00. The van der Waals surface area contributed by atoms with Crippen molar-refractivity contribution in [2.75, 3.05) is 13.1 Å². The molecule has 4 rings (SSSR count). The monoisotopic (exact) mass is 578 g/mol. The first-order valence-corrected chi connectivity index (χ1v) is 12.8. The lowest BCUT2D eigenvalue weighted by Crippen LogP contribution is -2.20. The van der Waals surface area contributed by atoms with Crippen molar-refractivity contribution in [3.63, 3.8) is 0 Å². The largest absolute Gasteiger partial charge is 0.507 e. The van der Waals surface area contributed by atoms with Crippen LogP contribution in [0.1, 0.15) is 25.0 Å². The number of ether oxygens (including phenoxy) is 1. The first-order chi connectivity index (χ1) is 16.5. The molecule has 2 aliphatic rings. The minimum Gasteiger partial charge on any atom is -0.507 e. The van der Waals surface area contributed by atoms with E-state index in [1.165, 1.54) is 0 Å². The molecule has 0 aromatic heterocycles. The van der Waals surface area contributed by atoms with Gasteiger partial charge in [-0.25, -0.2) is 4.58 Å². The Morgan fingerprint density at radius 1 is 0.794 bits per heavy atom. The van der Waals surface area contributed by atoms with E-state index in [0.29, 0.717) is 5.76 Å². The van der Waals surface area contributed by atoms with Crippen LogP contribution in [0, 0.1) is 0 Å². The van der Waals surface area contributed by atoms with Crippen molar-refractivity contribution in [1.82, 2.24) is 0 Å². The van der Waals surface area contributed by atoms with Gasteiger partial charge in [-0.05, 0) is 79.6 Å². The van der Waals surface area contributed by atoms with E-state index in [9.17, 15) is 5.11 Å². The second kappa shape index (κ2) is 11.0. The fourth-order valence-electron chi connectivity index (χ4n) is 3.80. The van der Waals surface area contributed by atoms with Gasteiger partial charge in [-0.1, -0.05) is 56.1 Å². The van der Waals surface area contributed by atoms with E-state index < -0.39 is 0 Å². The maximum Gasteiger partial charge on any atom is 0.203 e. The van der Waals surface area contributed by atoms with E-state index in [0.717, 1.165) is 55.8 Å². The van der Waals surface area contributed by atoms with Crippen LogP contribution in [0.5, 0.6) is 0 Å². The minimum atomic E-state index is 0.248. The van der Waals surface area contributed by atoms with Gasteiger partial charge in [0.15, 0.2) is 0 Å². The minimum absolute atomic E-state index is 0.248. The average Bonchev–Trinajstić information content (AvgIpc) is 2.85. The Labute approximate surface area is 217 Å². The summed E-state index contributed by atoms with van der Waals surface area (Å²) in [5.41, 5.74) is 4.89. The van der Waals surface area contributed by atoms with Crippen molar-refractivity contribution in [3.8, 4) is 0 Å². The van der Waals surface area contributed by atoms with E-state index in [2.05, 4.69) is 68.5 Å². The number of halogens is 2. The molecule has 0 saturated heterocycles. The van der Waals surface area contributed by atoms with Gasteiger partial charge in [0.2, 0.25) is 5.71 Å². The third-order valence-corrected chi connectivity index (χ3v) is 6.75. The summed E-state index contributed by atoms with van der Waals surface area (Å²) in [6, 6.07) is 16.3. The van der Waals surface area contributed by atoms with Gasteiger partial charge in [-0.3, -0.25) is 0 Å². The third kappa shape index (κ3) is 5.78. The standard InChI is InChI=1S/C29H25Br2NO2/c1-3-32(4-2)26-15-9-21(28(33)19-26)10-16-27-17-23(20-5-11-24(30)12-6-20)18-29(34-27)22-7-13-25(31)14-8-22/h5-19H,3-4H2,1-2H3/p+1/b21-10+,27-16+. The summed E-state index contributed by atoms with van der Waals surface area (Å²) < 4.78 is 10.5. The lowest BCUT2D eigenvalue weighted by Gasteiger charge is -2.18. The smallest absolute Gasteiger partial charge is 0.203 e. The molecule has 0 amide bonds. The first-order valence-electron chi connectivity index (χ1n) is 11.2. The summed E-state index contributed by atoms with van der Waals surface area (Å²) in [6.45, 7) is 6.01. The second-order valence-electron chi connectivity index (χ2n) is 7.88. The van der Waals surface area contributed by atoms with Gasteiger partial charge in [0.1, 0.15) is 30.4 Å². The molecule has 172 valence electrons. The van der Waals surface area contributed by atoms with Gasteiger partial charge >= 0.3 is 0 Å². The molecule has 1 aliphatic carbocycles. The zero-order valence-electron chi connectivity index (χ0n) is 19.1. The zero-order valence-corrected chi connectivity index (χ0v) is 22.3. The number of benzene rings is 2. The van der Waals surface area contributed by atoms with Gasteiger partial charge in [-0.2, -0.15) is 0 Å². The fourth-order valence-corrected chi connectivity index (χ4v) is 4.33. The molecule has 0 atom stereocenters. The molecule has 3 nitrogen and oxygen atoms in total. The van der Waals surface area contributed by atoms with Gasteiger partial charge in [0.05, 0.1) is 6.08 Å². The molecule has 0 bridgehead atoms. The molecular weight excluding hydrogens is 554 g/mol. The number of rotatable bonds is 5. The average molecular weight is 580 g/mol. The van der Waals surface area contributed by atoms with Crippen molar-refractivity contribution in [1.29, 1.82) is 0 Å².